The van der Waals surface area contributed by atoms with Crippen LogP contribution < -0.4 is 20.9 Å². The summed E-state index contributed by atoms with van der Waals surface area (Å²) >= 11 is 0. The largest absolute Gasteiger partial charge is 0.464 e. The molecule has 3 atom stereocenters. The van der Waals surface area contributed by atoms with Gasteiger partial charge in [0.1, 0.15) is 17.5 Å². The molecular weight excluding hydrogens is 728 g/mol. The number of aliphatic imine (C=N–C) groups is 1. The average molecular weight is 760 g/mol. The fourth-order valence-corrected chi connectivity index (χ4v) is 5.50. The maximum Gasteiger partial charge on any atom is 0.438 e. The van der Waals surface area contributed by atoms with E-state index in [1.165, 1.54) is 12.2 Å². The van der Waals surface area contributed by atoms with Crippen LogP contribution in [0.15, 0.2) is 69.8 Å². The predicted molar refractivity (Wildman–Crippen MR) is 173 cm³/mol. The summed E-state index contributed by atoms with van der Waals surface area (Å²) in [4.78, 5) is 41.4. The third-order valence-corrected chi connectivity index (χ3v) is 8.02. The van der Waals surface area contributed by atoms with Gasteiger partial charge in [-0.05, 0) is 66.8 Å². The Bertz CT molecular complexity index is 2060. The summed E-state index contributed by atoms with van der Waals surface area (Å²) < 4.78 is 119. The van der Waals surface area contributed by atoms with Crippen LogP contribution in [0.4, 0.5) is 31.1 Å². The number of amidine groups is 1. The lowest BCUT2D eigenvalue weighted by molar-refractivity contribution is -0.143. The van der Waals surface area contributed by atoms with Crippen LogP contribution in [-0.4, -0.2) is 44.6 Å². The fraction of sp³-hybridized carbons (Fsp3) is 0.312. The molecule has 280 valence electrons. The highest BCUT2D eigenvalue weighted by Gasteiger charge is 2.38. The number of esters is 1. The SMILES string of the molecule is CCc1cc(C(NC2C=CC(/C(N)=N\C(=O)OC(C)OC(=O)c3cc(C(F)(F)F)cc(C(F)(F)F)c3)=CC2)C(=O)NS(N)(=O)=O)cc2c(C)coc12. The lowest BCUT2D eigenvalue weighted by Crippen LogP contribution is -2.46. The number of hydrogen-bond acceptors (Lipinski definition) is 9. The van der Waals surface area contributed by atoms with E-state index in [9.17, 15) is 49.1 Å². The van der Waals surface area contributed by atoms with E-state index in [4.69, 9.17) is 24.8 Å². The van der Waals surface area contributed by atoms with Gasteiger partial charge >= 0.3 is 24.4 Å². The number of alkyl halides is 6. The van der Waals surface area contributed by atoms with E-state index in [0.29, 0.717) is 17.6 Å². The van der Waals surface area contributed by atoms with Gasteiger partial charge in [0.05, 0.1) is 23.0 Å². The monoisotopic (exact) mass is 759 g/mol. The highest BCUT2D eigenvalue weighted by molar-refractivity contribution is 7.87. The number of aryl methyl sites for hydroxylation is 2. The minimum Gasteiger partial charge on any atom is -0.464 e. The van der Waals surface area contributed by atoms with Crippen LogP contribution in [-0.2, 0) is 43.3 Å². The number of carbonyl (C=O) groups excluding carboxylic acids is 3. The first-order valence-corrected chi connectivity index (χ1v) is 16.6. The van der Waals surface area contributed by atoms with Gasteiger partial charge in [-0.1, -0.05) is 25.2 Å². The van der Waals surface area contributed by atoms with E-state index in [2.05, 4.69) is 10.3 Å². The molecule has 4 rings (SSSR count). The van der Waals surface area contributed by atoms with E-state index in [0.717, 1.165) is 23.4 Å². The van der Waals surface area contributed by atoms with Crippen molar-refractivity contribution in [2.45, 2.75) is 64.3 Å². The maximum absolute atomic E-state index is 13.1. The first-order valence-electron chi connectivity index (χ1n) is 15.1. The first kappa shape index (κ1) is 39.6. The molecule has 3 aromatic rings. The van der Waals surface area contributed by atoms with Crippen molar-refractivity contribution < 1.29 is 63.0 Å². The van der Waals surface area contributed by atoms with E-state index >= 15 is 0 Å². The molecule has 0 fully saturated rings. The number of nitrogens with zero attached hydrogens (tertiary/aromatic N) is 1. The molecule has 2 aromatic carbocycles. The van der Waals surface area contributed by atoms with Crippen LogP contribution >= 0.6 is 0 Å². The highest BCUT2D eigenvalue weighted by atomic mass is 32.2. The number of ether oxygens (including phenoxy) is 2. The molecule has 0 saturated heterocycles. The number of furan rings is 1. The normalized spacial score (nSPS) is 16.6. The van der Waals surface area contributed by atoms with Gasteiger partial charge < -0.3 is 19.6 Å². The third kappa shape index (κ3) is 9.98. The fourth-order valence-electron chi connectivity index (χ4n) is 5.10. The van der Waals surface area contributed by atoms with Crippen molar-refractivity contribution in [2.24, 2.45) is 15.9 Å². The molecular formula is C32H31F6N5O8S. The van der Waals surface area contributed by atoms with Gasteiger partial charge in [0.25, 0.3) is 16.1 Å². The van der Waals surface area contributed by atoms with Gasteiger partial charge in [-0.2, -0.15) is 39.8 Å². The maximum atomic E-state index is 13.1. The number of amides is 2. The van der Waals surface area contributed by atoms with Crippen molar-refractivity contribution in [1.82, 2.24) is 10.0 Å². The first-order chi connectivity index (χ1) is 24.0. The Balaban J connectivity index is 1.44. The van der Waals surface area contributed by atoms with Gasteiger partial charge in [-0.25, -0.2) is 19.5 Å². The Morgan fingerprint density at radius 1 is 1.04 bits per heavy atom. The molecule has 0 aliphatic heterocycles. The van der Waals surface area contributed by atoms with Gasteiger partial charge in [-0.15, -0.1) is 0 Å². The zero-order valence-electron chi connectivity index (χ0n) is 27.4. The number of rotatable bonds is 10. The Labute approximate surface area is 291 Å². The number of hydrogen-bond donors (Lipinski definition) is 4. The summed E-state index contributed by atoms with van der Waals surface area (Å²) in [5.74, 6) is -2.99. The summed E-state index contributed by atoms with van der Waals surface area (Å²) in [6.45, 7) is 4.66. The second-order valence-corrected chi connectivity index (χ2v) is 12.7. The van der Waals surface area contributed by atoms with Crippen molar-refractivity contribution in [3.05, 3.63) is 93.8 Å². The molecule has 1 aliphatic carbocycles. The molecule has 20 heteroatoms. The molecule has 52 heavy (non-hydrogen) atoms. The van der Waals surface area contributed by atoms with Crippen molar-refractivity contribution in [2.75, 3.05) is 0 Å². The Kier molecular flexibility index (Phi) is 11.6. The molecule has 0 bridgehead atoms. The molecule has 13 nitrogen and oxygen atoms in total. The van der Waals surface area contributed by atoms with Crippen LogP contribution in [0.1, 0.15) is 64.5 Å². The number of fused-ring (bicyclic) bond motifs is 1. The van der Waals surface area contributed by atoms with Gasteiger partial charge in [0.2, 0.25) is 6.29 Å². The number of halogens is 6. The average Bonchev–Trinajstić information content (AvgIpc) is 3.41. The lowest BCUT2D eigenvalue weighted by Gasteiger charge is -2.25. The van der Waals surface area contributed by atoms with Crippen LogP contribution in [0.25, 0.3) is 11.0 Å². The molecule has 1 aliphatic rings. The van der Waals surface area contributed by atoms with Gasteiger partial charge in [0.15, 0.2) is 0 Å². The van der Waals surface area contributed by atoms with Crippen LogP contribution in [0, 0.1) is 6.92 Å². The summed E-state index contributed by atoms with van der Waals surface area (Å²) in [5, 5.41) is 8.84. The summed E-state index contributed by atoms with van der Waals surface area (Å²) in [5.41, 5.74) is 4.12. The molecule has 2 amide bonds. The van der Waals surface area contributed by atoms with Gasteiger partial charge in [-0.3, -0.25) is 10.1 Å². The number of carbonyl (C=O) groups is 3. The zero-order valence-corrected chi connectivity index (χ0v) is 28.2. The van der Waals surface area contributed by atoms with Gasteiger partial charge in [0, 0.05) is 23.9 Å². The number of benzene rings is 2. The van der Waals surface area contributed by atoms with Crippen molar-refractivity contribution >= 4 is 45.0 Å². The summed E-state index contributed by atoms with van der Waals surface area (Å²) in [6.07, 6.45) is -6.90. The molecule has 1 heterocycles. The summed E-state index contributed by atoms with van der Waals surface area (Å²) in [6, 6.07) is 1.73. The topological polar surface area (TPSA) is 205 Å². The Morgan fingerprint density at radius 3 is 2.21 bits per heavy atom. The highest BCUT2D eigenvalue weighted by Crippen LogP contribution is 2.36. The summed E-state index contributed by atoms with van der Waals surface area (Å²) in [7, 11) is -4.42. The van der Waals surface area contributed by atoms with E-state index in [-0.39, 0.29) is 36.0 Å². The molecule has 0 spiro atoms. The quantitative estimate of drug-likeness (QED) is 0.0695. The van der Waals surface area contributed by atoms with Crippen LogP contribution in [0.3, 0.4) is 0 Å². The minimum atomic E-state index is -5.21. The van der Waals surface area contributed by atoms with Crippen molar-refractivity contribution in [3.63, 3.8) is 0 Å². The number of nitrogens with two attached hydrogens (primary N) is 2. The smallest absolute Gasteiger partial charge is 0.438 e. The molecule has 1 aromatic heterocycles. The standard InChI is InChI=1S/C32H31F6N5O8S/c1-4-17-9-19(12-24-15(2)14-49-26(17)24)25(28(44)43-52(40,47)48)41-23-7-5-18(6-8-23)27(39)42-30(46)51-16(3)50-29(45)20-10-21(31(33,34)35)13-22(11-20)32(36,37)38/h5-7,9-14,16,23,25,41H,4,8H2,1-3H3,(H,43,44)(H2,39,42,46)(H2,40,47,48). The van der Waals surface area contributed by atoms with E-state index < -0.39 is 75.6 Å². The number of nitrogens with one attached hydrogen (secondary N) is 2. The Morgan fingerprint density at radius 2 is 1.67 bits per heavy atom. The predicted octanol–water partition coefficient (Wildman–Crippen LogP) is 5.24. The Hall–Kier alpha value is -5.21. The third-order valence-electron chi connectivity index (χ3n) is 7.54. The molecule has 0 saturated carbocycles. The van der Waals surface area contributed by atoms with E-state index in [1.807, 2.05) is 13.8 Å². The molecule has 3 unspecified atom stereocenters. The second kappa shape index (κ2) is 15.2. The lowest BCUT2D eigenvalue weighted by atomic mass is 9.96. The molecule has 0 radical (unpaired) electrons. The second-order valence-electron chi connectivity index (χ2n) is 11.4. The van der Waals surface area contributed by atoms with Crippen LogP contribution in [0.5, 0.6) is 0 Å². The molecule has 6 N–H and O–H groups in total. The van der Waals surface area contributed by atoms with Crippen LogP contribution in [0.2, 0.25) is 0 Å². The van der Waals surface area contributed by atoms with Crippen molar-refractivity contribution in [3.8, 4) is 0 Å². The zero-order chi connectivity index (χ0) is 38.8. The van der Waals surface area contributed by atoms with E-state index in [1.54, 1.807) is 29.2 Å². The minimum absolute atomic E-state index is 0.148. The van der Waals surface area contributed by atoms with Crippen molar-refractivity contribution in [1.29, 1.82) is 0 Å².